The predicted molar refractivity (Wildman–Crippen MR) is 114 cm³/mol. The first kappa shape index (κ1) is 19.6. The number of hydrogen-bond acceptors (Lipinski definition) is 5. The van der Waals surface area contributed by atoms with Crippen LogP contribution in [0, 0.1) is 0 Å². The average molecular weight is 394 g/mol. The molecule has 0 aliphatic rings. The summed E-state index contributed by atoms with van der Waals surface area (Å²) < 4.78 is 10.5. The molecule has 6 heteroatoms. The van der Waals surface area contributed by atoms with E-state index in [1.54, 1.807) is 26.4 Å². The first-order valence-electron chi connectivity index (χ1n) is 8.89. The van der Waals surface area contributed by atoms with Gasteiger partial charge in [0.2, 0.25) is 5.91 Å². The Labute approximate surface area is 168 Å². The molecule has 0 bridgehead atoms. The molecule has 0 saturated carbocycles. The molecule has 5 nitrogen and oxygen atoms in total. The second-order valence-electron chi connectivity index (χ2n) is 6.03. The Balaban J connectivity index is 1.65. The van der Waals surface area contributed by atoms with Gasteiger partial charge in [-0.2, -0.15) is 0 Å². The number of anilines is 1. The molecule has 0 unspecified atom stereocenters. The molecule has 3 rings (SSSR count). The fourth-order valence-electron chi connectivity index (χ4n) is 2.65. The van der Waals surface area contributed by atoms with Gasteiger partial charge >= 0.3 is 0 Å². The second kappa shape index (κ2) is 9.19. The number of nitrogens with zero attached hydrogens (tertiary/aromatic N) is 1. The number of ether oxygens (including phenoxy) is 2. The standard InChI is InChI=1S/C22H22N2O3S/c1-4-15-5-9-17(10-6-15)18-14-28-22(23-18)24-21(25)12-8-16-7-11-19(26-2)20(13-16)27-3/h5-14H,4H2,1-3H3,(H,23,24,25). The zero-order valence-electron chi connectivity index (χ0n) is 16.1. The molecular formula is C22H22N2O3S. The minimum atomic E-state index is -0.239. The van der Waals surface area contributed by atoms with Crippen LogP contribution in [0.5, 0.6) is 11.5 Å². The lowest BCUT2D eigenvalue weighted by atomic mass is 10.1. The lowest BCUT2D eigenvalue weighted by Gasteiger charge is -2.07. The van der Waals surface area contributed by atoms with Crippen LogP contribution < -0.4 is 14.8 Å². The van der Waals surface area contributed by atoms with Crippen molar-refractivity contribution in [3.63, 3.8) is 0 Å². The molecule has 0 fully saturated rings. The van der Waals surface area contributed by atoms with Crippen LogP contribution in [0.15, 0.2) is 53.9 Å². The molecule has 144 valence electrons. The number of hydrogen-bond donors (Lipinski definition) is 1. The Morgan fingerprint density at radius 2 is 1.86 bits per heavy atom. The van der Waals surface area contributed by atoms with E-state index >= 15 is 0 Å². The van der Waals surface area contributed by atoms with E-state index < -0.39 is 0 Å². The molecule has 0 saturated heterocycles. The molecule has 2 aromatic carbocycles. The number of benzene rings is 2. The molecule has 28 heavy (non-hydrogen) atoms. The fourth-order valence-corrected chi connectivity index (χ4v) is 3.37. The molecule has 1 aromatic heterocycles. The lowest BCUT2D eigenvalue weighted by molar-refractivity contribution is -0.111. The zero-order valence-corrected chi connectivity index (χ0v) is 16.9. The summed E-state index contributed by atoms with van der Waals surface area (Å²) in [7, 11) is 3.16. The Hall–Kier alpha value is -3.12. The predicted octanol–water partition coefficient (Wildman–Crippen LogP) is 5.04. The largest absolute Gasteiger partial charge is 0.493 e. The molecular weight excluding hydrogens is 372 g/mol. The molecule has 0 atom stereocenters. The first-order chi connectivity index (χ1) is 13.6. The van der Waals surface area contributed by atoms with E-state index in [1.165, 1.54) is 23.0 Å². The van der Waals surface area contributed by atoms with Crippen LogP contribution in [-0.2, 0) is 11.2 Å². The van der Waals surface area contributed by atoms with Crippen molar-refractivity contribution >= 4 is 28.5 Å². The smallest absolute Gasteiger partial charge is 0.250 e. The van der Waals surface area contributed by atoms with E-state index in [2.05, 4.69) is 41.5 Å². The van der Waals surface area contributed by atoms with Crippen molar-refractivity contribution < 1.29 is 14.3 Å². The highest BCUT2D eigenvalue weighted by Gasteiger charge is 2.07. The molecule has 1 N–H and O–H groups in total. The summed E-state index contributed by atoms with van der Waals surface area (Å²) in [5.74, 6) is 1.02. The summed E-state index contributed by atoms with van der Waals surface area (Å²) in [4.78, 5) is 16.7. The van der Waals surface area contributed by atoms with Crippen LogP contribution in [0.2, 0.25) is 0 Å². The summed E-state index contributed by atoms with van der Waals surface area (Å²) in [6, 6.07) is 13.8. The van der Waals surface area contributed by atoms with Crippen LogP contribution in [-0.4, -0.2) is 25.1 Å². The van der Waals surface area contributed by atoms with Crippen molar-refractivity contribution in [3.8, 4) is 22.8 Å². The Bertz CT molecular complexity index is 978. The van der Waals surface area contributed by atoms with Gasteiger partial charge in [0.25, 0.3) is 0 Å². The second-order valence-corrected chi connectivity index (χ2v) is 6.88. The SMILES string of the molecule is CCc1ccc(-c2csc(NC(=O)C=Cc3ccc(OC)c(OC)c3)n2)cc1. The van der Waals surface area contributed by atoms with Crippen molar-refractivity contribution in [3.05, 3.63) is 65.0 Å². The number of thiazole rings is 1. The normalized spacial score (nSPS) is 10.8. The monoisotopic (exact) mass is 394 g/mol. The number of rotatable bonds is 7. The number of aromatic nitrogens is 1. The summed E-state index contributed by atoms with van der Waals surface area (Å²) in [5.41, 5.74) is 4.01. The maximum Gasteiger partial charge on any atom is 0.250 e. The van der Waals surface area contributed by atoms with Gasteiger partial charge in [-0.3, -0.25) is 10.1 Å². The van der Waals surface area contributed by atoms with Gasteiger partial charge in [0.1, 0.15) is 0 Å². The fraction of sp³-hybridized carbons (Fsp3) is 0.182. The molecule has 0 spiro atoms. The highest BCUT2D eigenvalue weighted by Crippen LogP contribution is 2.28. The summed E-state index contributed by atoms with van der Waals surface area (Å²) in [6.07, 6.45) is 4.19. The van der Waals surface area contributed by atoms with Gasteiger partial charge in [0.05, 0.1) is 19.9 Å². The van der Waals surface area contributed by atoms with Crippen molar-refractivity contribution in [2.24, 2.45) is 0 Å². The van der Waals surface area contributed by atoms with Crippen LogP contribution in [0.4, 0.5) is 5.13 Å². The Morgan fingerprint density at radius 1 is 1.11 bits per heavy atom. The molecule has 1 heterocycles. The molecule has 3 aromatic rings. The van der Waals surface area contributed by atoms with Gasteiger partial charge in [-0.25, -0.2) is 4.98 Å². The van der Waals surface area contributed by atoms with Gasteiger partial charge < -0.3 is 9.47 Å². The van der Waals surface area contributed by atoms with E-state index in [1.807, 2.05) is 17.5 Å². The third kappa shape index (κ3) is 4.78. The first-order valence-corrected chi connectivity index (χ1v) is 9.76. The average Bonchev–Trinajstić information content (AvgIpc) is 3.20. The number of nitrogens with one attached hydrogen (secondary N) is 1. The van der Waals surface area contributed by atoms with E-state index in [9.17, 15) is 4.79 Å². The summed E-state index contributed by atoms with van der Waals surface area (Å²) >= 11 is 1.40. The van der Waals surface area contributed by atoms with E-state index in [0.717, 1.165) is 23.2 Å². The number of amides is 1. The van der Waals surface area contributed by atoms with Crippen LogP contribution in [0.3, 0.4) is 0 Å². The number of carbonyl (C=O) groups is 1. The van der Waals surface area contributed by atoms with Crippen LogP contribution >= 0.6 is 11.3 Å². The summed E-state index contributed by atoms with van der Waals surface area (Å²) in [6.45, 7) is 2.13. The number of carbonyl (C=O) groups excluding carboxylic acids is 1. The minimum Gasteiger partial charge on any atom is -0.493 e. The van der Waals surface area contributed by atoms with Crippen molar-refractivity contribution in [1.82, 2.24) is 4.98 Å². The molecule has 0 radical (unpaired) electrons. The Kier molecular flexibility index (Phi) is 6.45. The third-order valence-corrected chi connectivity index (χ3v) is 4.98. The topological polar surface area (TPSA) is 60.5 Å². The van der Waals surface area contributed by atoms with Crippen molar-refractivity contribution in [2.45, 2.75) is 13.3 Å². The maximum atomic E-state index is 12.2. The minimum absolute atomic E-state index is 0.239. The molecule has 0 aliphatic heterocycles. The van der Waals surface area contributed by atoms with Crippen molar-refractivity contribution in [2.75, 3.05) is 19.5 Å². The van der Waals surface area contributed by atoms with Gasteiger partial charge in [0.15, 0.2) is 16.6 Å². The van der Waals surface area contributed by atoms with E-state index in [0.29, 0.717) is 16.6 Å². The van der Waals surface area contributed by atoms with Gasteiger partial charge in [-0.1, -0.05) is 37.3 Å². The zero-order chi connectivity index (χ0) is 19.9. The summed E-state index contributed by atoms with van der Waals surface area (Å²) in [5, 5.41) is 5.31. The number of methoxy groups -OCH3 is 2. The highest BCUT2D eigenvalue weighted by atomic mass is 32.1. The quantitative estimate of drug-likeness (QED) is 0.570. The van der Waals surface area contributed by atoms with Gasteiger partial charge in [-0.05, 0) is 35.8 Å². The van der Waals surface area contributed by atoms with Gasteiger partial charge in [-0.15, -0.1) is 11.3 Å². The highest BCUT2D eigenvalue weighted by molar-refractivity contribution is 7.14. The van der Waals surface area contributed by atoms with Crippen LogP contribution in [0.25, 0.3) is 17.3 Å². The van der Waals surface area contributed by atoms with E-state index in [4.69, 9.17) is 9.47 Å². The van der Waals surface area contributed by atoms with Crippen molar-refractivity contribution in [1.29, 1.82) is 0 Å². The van der Waals surface area contributed by atoms with Crippen LogP contribution in [0.1, 0.15) is 18.1 Å². The lowest BCUT2D eigenvalue weighted by Crippen LogP contribution is -2.07. The Morgan fingerprint density at radius 3 is 2.54 bits per heavy atom. The molecule has 0 aliphatic carbocycles. The van der Waals surface area contributed by atoms with Gasteiger partial charge in [0, 0.05) is 17.0 Å². The van der Waals surface area contributed by atoms with E-state index in [-0.39, 0.29) is 5.91 Å². The maximum absolute atomic E-state index is 12.2. The third-order valence-electron chi connectivity index (χ3n) is 4.23. The molecule has 1 amide bonds. The number of aryl methyl sites for hydroxylation is 1.